The Hall–Kier alpha value is -0.120. The van der Waals surface area contributed by atoms with Crippen molar-refractivity contribution < 1.29 is 4.74 Å². The van der Waals surface area contributed by atoms with Crippen LogP contribution in [0.15, 0.2) is 0 Å². The van der Waals surface area contributed by atoms with Gasteiger partial charge in [-0.3, -0.25) is 0 Å². The average Bonchev–Trinajstić information content (AvgIpc) is 2.80. The van der Waals surface area contributed by atoms with Crippen LogP contribution in [0.1, 0.15) is 32.6 Å². The first-order valence-electron chi connectivity index (χ1n) is 6.46. The molecule has 0 spiro atoms. The molecule has 3 nitrogen and oxygen atoms in total. The van der Waals surface area contributed by atoms with Crippen LogP contribution in [0, 0.1) is 0 Å². The quantitative estimate of drug-likeness (QED) is 0.759. The Bertz CT molecular complexity index is 172. The van der Waals surface area contributed by atoms with Gasteiger partial charge in [-0.1, -0.05) is 6.92 Å². The van der Waals surface area contributed by atoms with Crippen LogP contribution in [0.3, 0.4) is 0 Å². The molecule has 88 valence electrons. The van der Waals surface area contributed by atoms with Crippen molar-refractivity contribution in [3.8, 4) is 0 Å². The second-order valence-corrected chi connectivity index (χ2v) is 4.75. The van der Waals surface area contributed by atoms with Gasteiger partial charge in [-0.15, -0.1) is 0 Å². The van der Waals surface area contributed by atoms with Crippen LogP contribution in [0.4, 0.5) is 0 Å². The molecule has 0 aromatic rings. The zero-order valence-corrected chi connectivity index (χ0v) is 9.87. The van der Waals surface area contributed by atoms with Crippen molar-refractivity contribution in [1.29, 1.82) is 0 Å². The third-order valence-corrected chi connectivity index (χ3v) is 3.69. The van der Waals surface area contributed by atoms with Crippen molar-refractivity contribution in [3.63, 3.8) is 0 Å². The van der Waals surface area contributed by atoms with Gasteiger partial charge in [0.25, 0.3) is 0 Å². The van der Waals surface area contributed by atoms with E-state index >= 15 is 0 Å². The van der Waals surface area contributed by atoms with Gasteiger partial charge in [0.05, 0.1) is 6.10 Å². The van der Waals surface area contributed by atoms with Crippen molar-refractivity contribution in [2.24, 2.45) is 0 Å². The normalized spacial score (nSPS) is 29.8. The number of nitrogens with one attached hydrogen (secondary N) is 1. The van der Waals surface area contributed by atoms with Gasteiger partial charge in [-0.05, 0) is 45.3 Å². The van der Waals surface area contributed by atoms with Gasteiger partial charge >= 0.3 is 0 Å². The van der Waals surface area contributed by atoms with Crippen LogP contribution < -0.4 is 5.32 Å². The molecule has 0 aliphatic carbocycles. The molecule has 0 saturated carbocycles. The Kier molecular flexibility index (Phi) is 4.42. The molecule has 0 radical (unpaired) electrons. The van der Waals surface area contributed by atoms with Gasteiger partial charge in [0.1, 0.15) is 0 Å². The number of hydrogen-bond donors (Lipinski definition) is 1. The van der Waals surface area contributed by atoms with Gasteiger partial charge in [0.2, 0.25) is 0 Å². The van der Waals surface area contributed by atoms with E-state index < -0.39 is 0 Å². The Balaban J connectivity index is 1.59. The third kappa shape index (κ3) is 3.44. The zero-order chi connectivity index (χ0) is 10.5. The van der Waals surface area contributed by atoms with E-state index in [-0.39, 0.29) is 0 Å². The highest BCUT2D eigenvalue weighted by molar-refractivity contribution is 4.78. The van der Waals surface area contributed by atoms with Crippen LogP contribution >= 0.6 is 0 Å². The van der Waals surface area contributed by atoms with E-state index in [2.05, 4.69) is 17.1 Å². The lowest BCUT2D eigenvalue weighted by molar-refractivity contribution is 0.103. The summed E-state index contributed by atoms with van der Waals surface area (Å²) in [5, 5.41) is 3.66. The molecule has 15 heavy (non-hydrogen) atoms. The van der Waals surface area contributed by atoms with Crippen LogP contribution in [0.25, 0.3) is 0 Å². The Morgan fingerprint density at radius 1 is 1.27 bits per heavy atom. The monoisotopic (exact) mass is 212 g/mol. The van der Waals surface area contributed by atoms with Crippen molar-refractivity contribution >= 4 is 0 Å². The third-order valence-electron chi connectivity index (χ3n) is 3.69. The van der Waals surface area contributed by atoms with E-state index in [0.717, 1.165) is 19.2 Å². The van der Waals surface area contributed by atoms with Crippen LogP contribution in [-0.2, 0) is 4.74 Å². The smallest absolute Gasteiger partial charge is 0.0700 e. The molecule has 2 saturated heterocycles. The van der Waals surface area contributed by atoms with E-state index in [1.54, 1.807) is 0 Å². The van der Waals surface area contributed by atoms with Crippen molar-refractivity contribution in [2.45, 2.75) is 44.8 Å². The number of hydrogen-bond acceptors (Lipinski definition) is 3. The molecule has 2 fully saturated rings. The summed E-state index contributed by atoms with van der Waals surface area (Å²) in [7, 11) is 0. The standard InChI is InChI=1S/C12H24N2O/c1-2-14-7-5-11(6-8-14)13-10-12-4-3-9-15-12/h11-13H,2-10H2,1H3. The second kappa shape index (κ2) is 5.83. The number of piperidine rings is 1. The predicted octanol–water partition coefficient (Wildman–Crippen LogP) is 1.24. The molecule has 0 amide bonds. The molecule has 1 N–H and O–H groups in total. The highest BCUT2D eigenvalue weighted by atomic mass is 16.5. The molecule has 2 heterocycles. The molecule has 2 aliphatic rings. The summed E-state index contributed by atoms with van der Waals surface area (Å²) < 4.78 is 5.61. The SMILES string of the molecule is CCN1CCC(NCC2CCCO2)CC1. The summed E-state index contributed by atoms with van der Waals surface area (Å²) in [4.78, 5) is 2.53. The molecule has 0 aromatic heterocycles. The molecular formula is C12H24N2O. The lowest BCUT2D eigenvalue weighted by Gasteiger charge is -2.32. The first-order valence-corrected chi connectivity index (χ1v) is 6.46. The summed E-state index contributed by atoms with van der Waals surface area (Å²) in [5.41, 5.74) is 0. The van der Waals surface area contributed by atoms with E-state index in [1.807, 2.05) is 0 Å². The van der Waals surface area contributed by atoms with E-state index in [4.69, 9.17) is 4.74 Å². The summed E-state index contributed by atoms with van der Waals surface area (Å²) in [6.07, 6.45) is 5.61. The fourth-order valence-corrected chi connectivity index (χ4v) is 2.56. The summed E-state index contributed by atoms with van der Waals surface area (Å²) >= 11 is 0. The summed E-state index contributed by atoms with van der Waals surface area (Å²) in [5.74, 6) is 0. The van der Waals surface area contributed by atoms with Gasteiger partial charge in [-0.25, -0.2) is 0 Å². The fourth-order valence-electron chi connectivity index (χ4n) is 2.56. The molecule has 2 aliphatic heterocycles. The maximum absolute atomic E-state index is 5.61. The summed E-state index contributed by atoms with van der Waals surface area (Å²) in [6, 6.07) is 0.733. The van der Waals surface area contributed by atoms with Gasteiger partial charge in [0, 0.05) is 19.2 Å². The van der Waals surface area contributed by atoms with E-state index in [0.29, 0.717) is 6.10 Å². The molecule has 0 aromatic carbocycles. The second-order valence-electron chi connectivity index (χ2n) is 4.75. The summed E-state index contributed by atoms with van der Waals surface area (Å²) in [6.45, 7) is 8.02. The Morgan fingerprint density at radius 2 is 2.07 bits per heavy atom. The number of nitrogens with zero attached hydrogens (tertiary/aromatic N) is 1. The van der Waals surface area contributed by atoms with Crippen LogP contribution in [0.2, 0.25) is 0 Å². The minimum atomic E-state index is 0.495. The van der Waals surface area contributed by atoms with Crippen molar-refractivity contribution in [3.05, 3.63) is 0 Å². The van der Waals surface area contributed by atoms with Gasteiger partial charge in [0.15, 0.2) is 0 Å². The molecular weight excluding hydrogens is 188 g/mol. The van der Waals surface area contributed by atoms with Gasteiger partial charge in [-0.2, -0.15) is 0 Å². The maximum atomic E-state index is 5.61. The number of likely N-dealkylation sites (tertiary alicyclic amines) is 1. The lowest BCUT2D eigenvalue weighted by Crippen LogP contribution is -2.44. The Labute approximate surface area is 93.2 Å². The molecule has 2 rings (SSSR count). The minimum absolute atomic E-state index is 0.495. The zero-order valence-electron chi connectivity index (χ0n) is 9.87. The molecule has 3 heteroatoms. The Morgan fingerprint density at radius 3 is 2.67 bits per heavy atom. The largest absolute Gasteiger partial charge is 0.377 e. The van der Waals surface area contributed by atoms with Crippen molar-refractivity contribution in [2.75, 3.05) is 32.8 Å². The van der Waals surface area contributed by atoms with Crippen LogP contribution in [-0.4, -0.2) is 49.8 Å². The van der Waals surface area contributed by atoms with Crippen LogP contribution in [0.5, 0.6) is 0 Å². The number of ether oxygens (including phenoxy) is 1. The minimum Gasteiger partial charge on any atom is -0.377 e. The maximum Gasteiger partial charge on any atom is 0.0700 e. The molecule has 0 bridgehead atoms. The predicted molar refractivity (Wildman–Crippen MR) is 62.1 cm³/mol. The first-order chi connectivity index (χ1) is 7.38. The number of rotatable bonds is 4. The first kappa shape index (κ1) is 11.4. The van der Waals surface area contributed by atoms with Gasteiger partial charge < -0.3 is 15.0 Å². The lowest BCUT2D eigenvalue weighted by atomic mass is 10.0. The highest BCUT2D eigenvalue weighted by Gasteiger charge is 2.20. The molecule has 1 unspecified atom stereocenters. The highest BCUT2D eigenvalue weighted by Crippen LogP contribution is 2.13. The fraction of sp³-hybridized carbons (Fsp3) is 1.00. The van der Waals surface area contributed by atoms with E-state index in [1.165, 1.54) is 45.3 Å². The average molecular weight is 212 g/mol. The van der Waals surface area contributed by atoms with Crippen molar-refractivity contribution in [1.82, 2.24) is 10.2 Å². The molecule has 1 atom stereocenters. The topological polar surface area (TPSA) is 24.5 Å². The van der Waals surface area contributed by atoms with E-state index in [9.17, 15) is 0 Å².